The Morgan fingerprint density at radius 2 is 2.10 bits per heavy atom. The topological polar surface area (TPSA) is 65.4 Å². The molecule has 0 bridgehead atoms. The fourth-order valence-electron chi connectivity index (χ4n) is 2.19. The number of amides is 1. The van der Waals surface area contributed by atoms with Gasteiger partial charge in [-0.15, -0.1) is 0 Å². The molecule has 1 aromatic carbocycles. The monoisotopic (exact) mass is 287 g/mol. The van der Waals surface area contributed by atoms with Crippen molar-refractivity contribution in [1.82, 2.24) is 9.78 Å². The largest absolute Gasteiger partial charge is 0.486 e. The highest BCUT2D eigenvalue weighted by molar-refractivity contribution is 5.89. The first kappa shape index (κ1) is 13.5. The highest BCUT2D eigenvalue weighted by Gasteiger charge is 2.12. The van der Waals surface area contributed by atoms with Crippen LogP contribution in [0, 0.1) is 0 Å². The molecular weight excluding hydrogens is 270 g/mol. The average molecular weight is 287 g/mol. The van der Waals surface area contributed by atoms with Crippen molar-refractivity contribution in [2.24, 2.45) is 7.05 Å². The number of hydrogen-bond donors (Lipinski definition) is 1. The van der Waals surface area contributed by atoms with E-state index in [-0.39, 0.29) is 5.91 Å². The standard InChI is InChI=1S/C15H17N3O3/c1-18-7-6-14(17-18)16-15(19)5-3-11-2-4-12-13(10-11)21-9-8-20-12/h2,4,6-7,10H,3,5,8-9H2,1H3,(H,16,17,19). The summed E-state index contributed by atoms with van der Waals surface area (Å²) in [6, 6.07) is 7.55. The number of carbonyl (C=O) groups is 1. The van der Waals surface area contributed by atoms with Gasteiger partial charge in [0, 0.05) is 25.7 Å². The van der Waals surface area contributed by atoms with E-state index >= 15 is 0 Å². The van der Waals surface area contributed by atoms with Gasteiger partial charge in [0.15, 0.2) is 17.3 Å². The minimum absolute atomic E-state index is 0.0522. The highest BCUT2D eigenvalue weighted by Crippen LogP contribution is 2.31. The van der Waals surface area contributed by atoms with Crippen molar-refractivity contribution in [3.05, 3.63) is 36.0 Å². The van der Waals surface area contributed by atoms with E-state index in [9.17, 15) is 4.79 Å². The second-order valence-corrected chi connectivity index (χ2v) is 4.90. The maximum atomic E-state index is 11.9. The molecule has 6 nitrogen and oxygen atoms in total. The number of hydrogen-bond acceptors (Lipinski definition) is 4. The molecule has 0 saturated carbocycles. The van der Waals surface area contributed by atoms with Crippen molar-refractivity contribution < 1.29 is 14.3 Å². The number of anilines is 1. The minimum atomic E-state index is -0.0522. The van der Waals surface area contributed by atoms with Crippen molar-refractivity contribution in [1.29, 1.82) is 0 Å². The lowest BCUT2D eigenvalue weighted by Gasteiger charge is -2.18. The zero-order chi connectivity index (χ0) is 14.7. The molecule has 0 unspecified atom stereocenters. The van der Waals surface area contributed by atoms with E-state index in [1.165, 1.54) is 0 Å². The van der Waals surface area contributed by atoms with Gasteiger partial charge in [0.2, 0.25) is 5.91 Å². The number of nitrogens with zero attached hydrogens (tertiary/aromatic N) is 2. The zero-order valence-electron chi connectivity index (χ0n) is 11.8. The zero-order valence-corrected chi connectivity index (χ0v) is 11.8. The minimum Gasteiger partial charge on any atom is -0.486 e. The van der Waals surface area contributed by atoms with Gasteiger partial charge in [0.25, 0.3) is 0 Å². The third kappa shape index (κ3) is 3.34. The first-order valence-corrected chi connectivity index (χ1v) is 6.89. The molecule has 1 aliphatic rings. The Bertz CT molecular complexity index is 651. The number of aryl methyl sites for hydroxylation is 2. The van der Waals surface area contributed by atoms with Crippen LogP contribution in [0.1, 0.15) is 12.0 Å². The first-order chi connectivity index (χ1) is 10.2. The van der Waals surface area contributed by atoms with E-state index in [0.29, 0.717) is 31.9 Å². The van der Waals surface area contributed by atoms with Crippen LogP contribution in [-0.4, -0.2) is 28.9 Å². The number of aromatic nitrogens is 2. The van der Waals surface area contributed by atoms with Gasteiger partial charge in [0.05, 0.1) is 0 Å². The van der Waals surface area contributed by atoms with Crippen LogP contribution in [0.4, 0.5) is 5.82 Å². The Kier molecular flexibility index (Phi) is 3.77. The van der Waals surface area contributed by atoms with Crippen LogP contribution in [0.2, 0.25) is 0 Å². The summed E-state index contributed by atoms with van der Waals surface area (Å²) in [5, 5.41) is 6.88. The molecule has 6 heteroatoms. The number of nitrogens with one attached hydrogen (secondary N) is 1. The quantitative estimate of drug-likeness (QED) is 0.930. The van der Waals surface area contributed by atoms with Crippen LogP contribution < -0.4 is 14.8 Å². The van der Waals surface area contributed by atoms with E-state index in [1.807, 2.05) is 25.2 Å². The molecule has 2 heterocycles. The second kappa shape index (κ2) is 5.87. The Balaban J connectivity index is 1.56. The molecule has 0 aliphatic carbocycles. The second-order valence-electron chi connectivity index (χ2n) is 4.90. The Hall–Kier alpha value is -2.50. The molecule has 2 aromatic rings. The normalized spacial score (nSPS) is 13.0. The van der Waals surface area contributed by atoms with Gasteiger partial charge in [-0.25, -0.2) is 0 Å². The molecule has 1 N–H and O–H groups in total. The van der Waals surface area contributed by atoms with Gasteiger partial charge in [0.1, 0.15) is 13.2 Å². The van der Waals surface area contributed by atoms with Crippen LogP contribution in [0.25, 0.3) is 0 Å². The molecule has 110 valence electrons. The van der Waals surface area contributed by atoms with Crippen molar-refractivity contribution in [3.63, 3.8) is 0 Å². The van der Waals surface area contributed by atoms with Crippen molar-refractivity contribution in [2.75, 3.05) is 18.5 Å². The molecular formula is C15H17N3O3. The Morgan fingerprint density at radius 3 is 2.86 bits per heavy atom. The van der Waals surface area contributed by atoms with E-state index < -0.39 is 0 Å². The Labute approximate surface area is 122 Å². The number of benzene rings is 1. The SMILES string of the molecule is Cn1ccc(NC(=O)CCc2ccc3c(c2)OCCO3)n1. The lowest BCUT2D eigenvalue weighted by Crippen LogP contribution is -2.16. The molecule has 3 rings (SSSR count). The van der Waals surface area contributed by atoms with Gasteiger partial charge >= 0.3 is 0 Å². The van der Waals surface area contributed by atoms with Gasteiger partial charge in [-0.3, -0.25) is 9.48 Å². The number of rotatable bonds is 4. The number of carbonyl (C=O) groups excluding carboxylic acids is 1. The van der Waals surface area contributed by atoms with Gasteiger partial charge < -0.3 is 14.8 Å². The van der Waals surface area contributed by atoms with Crippen LogP contribution >= 0.6 is 0 Å². The molecule has 1 aromatic heterocycles. The van der Waals surface area contributed by atoms with Gasteiger partial charge in [-0.1, -0.05) is 6.07 Å². The van der Waals surface area contributed by atoms with Gasteiger partial charge in [-0.2, -0.15) is 5.10 Å². The lowest BCUT2D eigenvalue weighted by atomic mass is 10.1. The smallest absolute Gasteiger partial charge is 0.225 e. The van der Waals surface area contributed by atoms with Crippen LogP contribution in [0.15, 0.2) is 30.5 Å². The molecule has 0 fully saturated rings. The molecule has 1 aliphatic heterocycles. The third-order valence-corrected chi connectivity index (χ3v) is 3.23. The van der Waals surface area contributed by atoms with Crippen molar-refractivity contribution in [2.45, 2.75) is 12.8 Å². The van der Waals surface area contributed by atoms with Crippen LogP contribution in [0.3, 0.4) is 0 Å². The van der Waals surface area contributed by atoms with E-state index in [1.54, 1.807) is 16.9 Å². The third-order valence-electron chi connectivity index (χ3n) is 3.23. The summed E-state index contributed by atoms with van der Waals surface area (Å²) < 4.78 is 12.7. The van der Waals surface area contributed by atoms with E-state index in [2.05, 4.69) is 10.4 Å². The molecule has 0 saturated heterocycles. The Morgan fingerprint density at radius 1 is 1.29 bits per heavy atom. The predicted octanol–water partition coefficient (Wildman–Crippen LogP) is 1.76. The maximum absolute atomic E-state index is 11.9. The summed E-state index contributed by atoms with van der Waals surface area (Å²) in [6.07, 6.45) is 2.84. The summed E-state index contributed by atoms with van der Waals surface area (Å²) in [6.45, 7) is 1.15. The molecule has 0 atom stereocenters. The average Bonchev–Trinajstić information content (AvgIpc) is 2.90. The fraction of sp³-hybridized carbons (Fsp3) is 0.333. The van der Waals surface area contributed by atoms with Crippen molar-refractivity contribution >= 4 is 11.7 Å². The van der Waals surface area contributed by atoms with Crippen LogP contribution in [0.5, 0.6) is 11.5 Å². The predicted molar refractivity (Wildman–Crippen MR) is 77.6 cm³/mol. The number of fused-ring (bicyclic) bond motifs is 1. The maximum Gasteiger partial charge on any atom is 0.225 e. The summed E-state index contributed by atoms with van der Waals surface area (Å²) in [5.74, 6) is 2.04. The van der Waals surface area contributed by atoms with E-state index in [4.69, 9.17) is 9.47 Å². The summed E-state index contributed by atoms with van der Waals surface area (Å²) in [5.41, 5.74) is 1.05. The highest BCUT2D eigenvalue weighted by atomic mass is 16.6. The molecule has 0 radical (unpaired) electrons. The molecule has 1 amide bonds. The van der Waals surface area contributed by atoms with E-state index in [0.717, 1.165) is 17.1 Å². The summed E-state index contributed by atoms with van der Waals surface area (Å²) in [7, 11) is 1.81. The summed E-state index contributed by atoms with van der Waals surface area (Å²) >= 11 is 0. The van der Waals surface area contributed by atoms with Crippen molar-refractivity contribution in [3.8, 4) is 11.5 Å². The van der Waals surface area contributed by atoms with Gasteiger partial charge in [-0.05, 0) is 24.1 Å². The molecule has 0 spiro atoms. The van der Waals surface area contributed by atoms with Crippen LogP contribution in [-0.2, 0) is 18.3 Å². The summed E-state index contributed by atoms with van der Waals surface area (Å²) in [4.78, 5) is 11.9. The fourth-order valence-corrected chi connectivity index (χ4v) is 2.19. The first-order valence-electron chi connectivity index (χ1n) is 6.89. The lowest BCUT2D eigenvalue weighted by molar-refractivity contribution is -0.116. The molecule has 21 heavy (non-hydrogen) atoms. The number of ether oxygens (including phenoxy) is 2.